The Kier molecular flexibility index (Phi) is 2.97. The Balaban J connectivity index is 2.05. The van der Waals surface area contributed by atoms with E-state index < -0.39 is 9.84 Å². The minimum Gasteiger partial charge on any atom is -0.398 e. The van der Waals surface area contributed by atoms with Crippen molar-refractivity contribution in [2.24, 2.45) is 0 Å². The maximum atomic E-state index is 11.6. The van der Waals surface area contributed by atoms with Gasteiger partial charge in [-0.3, -0.25) is 0 Å². The molecule has 0 bridgehead atoms. The summed E-state index contributed by atoms with van der Waals surface area (Å²) in [5.41, 5.74) is 8.29. The Morgan fingerprint density at radius 1 is 1.40 bits per heavy atom. The van der Waals surface area contributed by atoms with E-state index in [1.165, 1.54) is 0 Å². The highest BCUT2D eigenvalue weighted by Crippen LogP contribution is 2.30. The number of hydrogen-bond acceptors (Lipinski definition) is 6. The first-order valence-corrected chi connectivity index (χ1v) is 8.14. The van der Waals surface area contributed by atoms with Gasteiger partial charge in [-0.25, -0.2) is 13.1 Å². The topological polar surface area (TPSA) is 104 Å². The van der Waals surface area contributed by atoms with Crippen molar-refractivity contribution in [1.82, 2.24) is 20.2 Å². The van der Waals surface area contributed by atoms with Gasteiger partial charge in [-0.15, -0.1) is 5.10 Å². The van der Waals surface area contributed by atoms with Crippen LogP contribution in [0.2, 0.25) is 0 Å². The molecular weight excluding hydrogens is 278 g/mol. The number of aromatic nitrogens is 4. The molecule has 1 aromatic heterocycles. The molecule has 1 unspecified atom stereocenters. The maximum absolute atomic E-state index is 11.6. The van der Waals surface area contributed by atoms with Crippen LogP contribution in [-0.4, -0.2) is 40.1 Å². The molecule has 1 aromatic carbocycles. The van der Waals surface area contributed by atoms with Crippen LogP contribution in [-0.2, 0) is 9.84 Å². The summed E-state index contributed by atoms with van der Waals surface area (Å²) in [7, 11) is -2.98. The van der Waals surface area contributed by atoms with Crippen LogP contribution >= 0.6 is 0 Å². The van der Waals surface area contributed by atoms with Gasteiger partial charge in [0.15, 0.2) is 15.7 Å². The summed E-state index contributed by atoms with van der Waals surface area (Å²) in [6.07, 6.45) is 0.543. The SMILES string of the molecule is Cc1c(N)cccc1-c1nnnn1C1CCS(=O)(=O)C1. The van der Waals surface area contributed by atoms with Crippen LogP contribution < -0.4 is 5.73 Å². The monoisotopic (exact) mass is 293 g/mol. The molecule has 20 heavy (non-hydrogen) atoms. The average molecular weight is 293 g/mol. The minimum absolute atomic E-state index is 0.0897. The van der Waals surface area contributed by atoms with Gasteiger partial charge in [0.25, 0.3) is 0 Å². The second-order valence-corrected chi connectivity index (χ2v) is 7.25. The molecule has 2 aromatic rings. The maximum Gasteiger partial charge on any atom is 0.182 e. The van der Waals surface area contributed by atoms with Crippen molar-refractivity contribution >= 4 is 15.5 Å². The number of anilines is 1. The van der Waals surface area contributed by atoms with Crippen LogP contribution in [0.4, 0.5) is 5.69 Å². The second-order valence-electron chi connectivity index (χ2n) is 5.02. The quantitative estimate of drug-likeness (QED) is 0.813. The Bertz CT molecular complexity index is 753. The number of nitrogens with two attached hydrogens (primary N) is 1. The van der Waals surface area contributed by atoms with E-state index in [0.29, 0.717) is 17.9 Å². The third-order valence-electron chi connectivity index (χ3n) is 3.66. The van der Waals surface area contributed by atoms with Crippen LogP contribution in [0.1, 0.15) is 18.0 Å². The summed E-state index contributed by atoms with van der Waals surface area (Å²) in [5.74, 6) is 0.844. The summed E-state index contributed by atoms with van der Waals surface area (Å²) in [6, 6.07) is 5.33. The molecule has 3 rings (SSSR count). The number of rotatable bonds is 2. The average Bonchev–Trinajstić information content (AvgIpc) is 2.99. The number of benzene rings is 1. The number of nitrogen functional groups attached to an aromatic ring is 1. The summed E-state index contributed by atoms with van der Waals surface area (Å²) in [6.45, 7) is 1.90. The van der Waals surface area contributed by atoms with Gasteiger partial charge in [0.1, 0.15) is 0 Å². The van der Waals surface area contributed by atoms with Crippen molar-refractivity contribution in [2.45, 2.75) is 19.4 Å². The number of hydrogen-bond donors (Lipinski definition) is 1. The van der Waals surface area contributed by atoms with Gasteiger partial charge >= 0.3 is 0 Å². The first kappa shape index (κ1) is 13.0. The van der Waals surface area contributed by atoms with E-state index in [4.69, 9.17) is 5.73 Å². The van der Waals surface area contributed by atoms with Gasteiger partial charge in [0.2, 0.25) is 0 Å². The van der Waals surface area contributed by atoms with Gasteiger partial charge in [-0.05, 0) is 35.4 Å². The summed E-state index contributed by atoms with van der Waals surface area (Å²) in [5, 5.41) is 11.7. The zero-order valence-corrected chi connectivity index (χ0v) is 11.8. The van der Waals surface area contributed by atoms with E-state index in [9.17, 15) is 8.42 Å². The Morgan fingerprint density at radius 2 is 2.20 bits per heavy atom. The number of tetrazole rings is 1. The molecule has 0 saturated carbocycles. The fourth-order valence-electron chi connectivity index (χ4n) is 2.48. The van der Waals surface area contributed by atoms with Gasteiger partial charge in [0, 0.05) is 11.3 Å². The first-order valence-electron chi connectivity index (χ1n) is 6.32. The minimum atomic E-state index is -2.98. The molecule has 0 spiro atoms. The molecule has 1 saturated heterocycles. The predicted molar refractivity (Wildman–Crippen MR) is 74.7 cm³/mol. The van der Waals surface area contributed by atoms with Crippen LogP contribution in [0.25, 0.3) is 11.4 Å². The molecule has 2 heterocycles. The Labute approximate surface area is 116 Å². The molecule has 2 N–H and O–H groups in total. The van der Waals surface area contributed by atoms with Crippen molar-refractivity contribution < 1.29 is 8.42 Å². The van der Waals surface area contributed by atoms with E-state index >= 15 is 0 Å². The van der Waals surface area contributed by atoms with Crippen molar-refractivity contribution in [2.75, 3.05) is 17.2 Å². The summed E-state index contributed by atoms with van der Waals surface area (Å²) in [4.78, 5) is 0. The molecule has 1 aliphatic rings. The zero-order chi connectivity index (χ0) is 14.3. The van der Waals surface area contributed by atoms with Crippen LogP contribution in [0, 0.1) is 6.92 Å². The molecule has 0 amide bonds. The molecule has 1 fully saturated rings. The van der Waals surface area contributed by atoms with E-state index in [0.717, 1.165) is 11.1 Å². The molecule has 1 aliphatic heterocycles. The Morgan fingerprint density at radius 3 is 2.90 bits per heavy atom. The smallest absolute Gasteiger partial charge is 0.182 e. The molecule has 106 valence electrons. The molecule has 0 radical (unpaired) electrons. The lowest BCUT2D eigenvalue weighted by molar-refractivity contribution is 0.489. The third kappa shape index (κ3) is 2.15. The van der Waals surface area contributed by atoms with Crippen molar-refractivity contribution in [1.29, 1.82) is 0 Å². The third-order valence-corrected chi connectivity index (χ3v) is 5.41. The zero-order valence-electron chi connectivity index (χ0n) is 11.0. The normalized spacial score (nSPS) is 21.1. The Hall–Kier alpha value is -1.96. The van der Waals surface area contributed by atoms with E-state index in [1.54, 1.807) is 4.68 Å². The van der Waals surface area contributed by atoms with Crippen molar-refractivity contribution in [3.05, 3.63) is 23.8 Å². The summed E-state index contributed by atoms with van der Waals surface area (Å²) >= 11 is 0. The van der Waals surface area contributed by atoms with Crippen LogP contribution in [0.15, 0.2) is 18.2 Å². The largest absolute Gasteiger partial charge is 0.398 e. The lowest BCUT2D eigenvalue weighted by Gasteiger charge is -2.12. The first-order chi connectivity index (χ1) is 9.48. The molecule has 8 heteroatoms. The van der Waals surface area contributed by atoms with E-state index in [2.05, 4.69) is 15.5 Å². The fraction of sp³-hybridized carbons (Fsp3) is 0.417. The fourth-order valence-corrected chi connectivity index (χ4v) is 4.17. The highest BCUT2D eigenvalue weighted by Gasteiger charge is 2.32. The van der Waals surface area contributed by atoms with Gasteiger partial charge < -0.3 is 5.73 Å². The van der Waals surface area contributed by atoms with Gasteiger partial charge in [-0.1, -0.05) is 12.1 Å². The van der Waals surface area contributed by atoms with Crippen LogP contribution in [0.3, 0.4) is 0 Å². The summed E-state index contributed by atoms with van der Waals surface area (Å²) < 4.78 is 24.8. The molecule has 0 aliphatic carbocycles. The predicted octanol–water partition coefficient (Wildman–Crippen LogP) is 0.590. The second kappa shape index (κ2) is 4.55. The number of sulfone groups is 1. The molecule has 1 atom stereocenters. The van der Waals surface area contributed by atoms with Gasteiger partial charge in [-0.2, -0.15) is 0 Å². The van der Waals surface area contributed by atoms with Gasteiger partial charge in [0.05, 0.1) is 17.5 Å². The van der Waals surface area contributed by atoms with Crippen LogP contribution in [0.5, 0.6) is 0 Å². The molecule has 7 nitrogen and oxygen atoms in total. The van der Waals surface area contributed by atoms with E-state index in [-0.39, 0.29) is 17.5 Å². The van der Waals surface area contributed by atoms with E-state index in [1.807, 2.05) is 25.1 Å². The van der Waals surface area contributed by atoms with Crippen molar-refractivity contribution in [3.63, 3.8) is 0 Å². The van der Waals surface area contributed by atoms with Crippen molar-refractivity contribution in [3.8, 4) is 11.4 Å². The standard InChI is InChI=1S/C12H15N5O2S/c1-8-10(3-2-4-11(8)13)12-14-15-16-17(12)9-5-6-20(18,19)7-9/h2-4,9H,5-7,13H2,1H3. The lowest BCUT2D eigenvalue weighted by Crippen LogP contribution is -2.14. The highest BCUT2D eigenvalue weighted by atomic mass is 32.2. The number of nitrogens with zero attached hydrogens (tertiary/aromatic N) is 4. The highest BCUT2D eigenvalue weighted by molar-refractivity contribution is 7.91. The lowest BCUT2D eigenvalue weighted by atomic mass is 10.1. The molecular formula is C12H15N5O2S.